The molecule has 2 aromatic carbocycles. The van der Waals surface area contributed by atoms with Crippen molar-refractivity contribution in [3.8, 4) is 23.0 Å². The lowest BCUT2D eigenvalue weighted by molar-refractivity contribution is 0.256. The van der Waals surface area contributed by atoms with Crippen LogP contribution in [0.25, 0.3) is 10.8 Å². The van der Waals surface area contributed by atoms with Gasteiger partial charge < -0.3 is 30.8 Å². The molecule has 0 atom stereocenters. The summed E-state index contributed by atoms with van der Waals surface area (Å²) in [6, 6.07) is 2.76. The molecule has 0 radical (unpaired) electrons. The third-order valence-electron chi connectivity index (χ3n) is 3.04. The van der Waals surface area contributed by atoms with Gasteiger partial charge in [-0.3, -0.25) is 4.79 Å². The summed E-state index contributed by atoms with van der Waals surface area (Å²) in [4.78, 5) is 30.9. The molecule has 0 saturated carbocycles. The number of rotatable bonds is 4. The first-order chi connectivity index (χ1) is 10.5. The fraction of sp³-hybridized carbons (Fsp3) is 0. The summed E-state index contributed by atoms with van der Waals surface area (Å²) in [5.41, 5.74) is 10.8. The molecule has 0 bridgehead atoms. The van der Waals surface area contributed by atoms with Gasteiger partial charge in [0.25, 0.3) is 0 Å². The van der Waals surface area contributed by atoms with E-state index in [2.05, 4.69) is 19.4 Å². The van der Waals surface area contributed by atoms with E-state index >= 15 is 0 Å². The van der Waals surface area contributed by atoms with Gasteiger partial charge in [0.15, 0.2) is 0 Å². The first kappa shape index (κ1) is 15.4. The minimum atomic E-state index is -0.742. The molecule has 0 heterocycles. The van der Waals surface area contributed by atoms with Crippen molar-refractivity contribution in [2.45, 2.75) is 0 Å². The predicted molar refractivity (Wildman–Crippen MR) is 78.3 cm³/mol. The van der Waals surface area contributed by atoms with Crippen molar-refractivity contribution in [3.05, 3.63) is 22.4 Å². The molecular formula is C11H14N6O5. The van der Waals surface area contributed by atoms with E-state index in [4.69, 9.17) is 35.1 Å². The van der Waals surface area contributed by atoms with Gasteiger partial charge in [0.05, 0.1) is 16.8 Å². The lowest BCUT2D eigenvalue weighted by atomic mass is 10.1. The molecule has 0 aliphatic rings. The summed E-state index contributed by atoms with van der Waals surface area (Å²) in [7, 11) is 0. The fourth-order valence-electron chi connectivity index (χ4n) is 2.07. The van der Waals surface area contributed by atoms with Crippen LogP contribution in [0.2, 0.25) is 0 Å². The Morgan fingerprint density at radius 3 is 1.77 bits per heavy atom. The second-order valence-corrected chi connectivity index (χ2v) is 4.11. The van der Waals surface area contributed by atoms with E-state index in [9.17, 15) is 4.79 Å². The van der Waals surface area contributed by atoms with Crippen LogP contribution in [0.5, 0.6) is 23.0 Å². The zero-order valence-electron chi connectivity index (χ0n) is 11.2. The van der Waals surface area contributed by atoms with Gasteiger partial charge in [-0.1, -0.05) is 0 Å². The average molecular weight is 310 g/mol. The normalized spacial score (nSPS) is 10.4. The van der Waals surface area contributed by atoms with Gasteiger partial charge in [-0.05, 0) is 12.1 Å². The summed E-state index contributed by atoms with van der Waals surface area (Å²) in [5.74, 6) is 19.5. The third kappa shape index (κ3) is 2.06. The molecule has 0 saturated heterocycles. The topological polar surface area (TPSA) is 210 Å². The Bertz CT molecular complexity index is 796. The van der Waals surface area contributed by atoms with Crippen molar-refractivity contribution in [2.24, 2.45) is 23.6 Å². The molecule has 11 nitrogen and oxygen atoms in total. The maximum Gasteiger partial charge on any atom is 0.238 e. The fourth-order valence-corrected chi connectivity index (χ4v) is 2.07. The second-order valence-electron chi connectivity index (χ2n) is 4.11. The van der Waals surface area contributed by atoms with Crippen molar-refractivity contribution in [3.63, 3.8) is 0 Å². The van der Waals surface area contributed by atoms with Crippen molar-refractivity contribution in [1.29, 1.82) is 0 Å². The van der Waals surface area contributed by atoms with E-state index < -0.39 is 5.43 Å². The molecule has 0 aliphatic heterocycles. The summed E-state index contributed by atoms with van der Waals surface area (Å²) in [5, 5.41) is 0.0418. The molecule has 22 heavy (non-hydrogen) atoms. The van der Waals surface area contributed by atoms with E-state index in [1.165, 1.54) is 12.1 Å². The minimum Gasteiger partial charge on any atom is -0.406 e. The highest BCUT2D eigenvalue weighted by molar-refractivity contribution is 6.03. The van der Waals surface area contributed by atoms with Crippen LogP contribution in [0.15, 0.2) is 16.9 Å². The van der Waals surface area contributed by atoms with Crippen LogP contribution < -0.4 is 59.8 Å². The lowest BCUT2D eigenvalue weighted by Crippen LogP contribution is -2.17. The SMILES string of the molecule is NOc1c(ON)c(ON)c2c(=O)c(ON)c(N)ccc2c1N. The Labute approximate surface area is 123 Å². The van der Waals surface area contributed by atoms with E-state index in [1.807, 2.05) is 0 Å². The van der Waals surface area contributed by atoms with Crippen molar-refractivity contribution < 1.29 is 19.4 Å². The maximum atomic E-state index is 12.5. The molecule has 12 N–H and O–H groups in total. The molecule has 118 valence electrons. The number of nitrogens with two attached hydrogens (primary N) is 6. The van der Waals surface area contributed by atoms with Crippen molar-refractivity contribution in [2.75, 3.05) is 11.5 Å². The highest BCUT2D eigenvalue weighted by Gasteiger charge is 2.25. The van der Waals surface area contributed by atoms with Gasteiger partial charge in [0.1, 0.15) is 0 Å². The van der Waals surface area contributed by atoms with E-state index in [0.717, 1.165) is 0 Å². The van der Waals surface area contributed by atoms with E-state index in [0.29, 0.717) is 0 Å². The van der Waals surface area contributed by atoms with Crippen LogP contribution in [-0.4, -0.2) is 0 Å². The maximum absolute atomic E-state index is 12.5. The van der Waals surface area contributed by atoms with Crippen LogP contribution in [-0.2, 0) is 0 Å². The molecule has 0 amide bonds. The first-order valence-electron chi connectivity index (χ1n) is 5.70. The quantitative estimate of drug-likeness (QED) is 0.279. The smallest absolute Gasteiger partial charge is 0.238 e. The molecule has 11 heteroatoms. The largest absolute Gasteiger partial charge is 0.406 e. The molecule has 0 aliphatic carbocycles. The number of hydrogen-bond donors (Lipinski definition) is 6. The van der Waals surface area contributed by atoms with Gasteiger partial charge in [0, 0.05) is 5.39 Å². The minimum absolute atomic E-state index is 0.0310. The monoisotopic (exact) mass is 310 g/mol. The van der Waals surface area contributed by atoms with Crippen LogP contribution in [0, 0.1) is 0 Å². The third-order valence-corrected chi connectivity index (χ3v) is 3.04. The standard InChI is InChI=1S/C11H14N6O5/c12-4-2-1-3-5(7(18)8(4)19-14)9(20-15)11(22-17)10(21-16)6(3)13/h1-2H,12-17H2. The molecule has 0 unspecified atom stereocenters. The van der Waals surface area contributed by atoms with Crippen LogP contribution in [0.1, 0.15) is 0 Å². The highest BCUT2D eigenvalue weighted by atomic mass is 16.7. The second kappa shape index (κ2) is 5.79. The molecule has 2 aromatic rings. The van der Waals surface area contributed by atoms with Crippen LogP contribution in [0.4, 0.5) is 11.4 Å². The van der Waals surface area contributed by atoms with E-state index in [-0.39, 0.29) is 45.1 Å². The van der Waals surface area contributed by atoms with Gasteiger partial charge in [-0.25, -0.2) is 0 Å². The number of anilines is 2. The number of fused-ring (bicyclic) bond motifs is 1. The molecule has 0 aromatic heterocycles. The summed E-state index contributed by atoms with van der Waals surface area (Å²) in [6.07, 6.45) is 0. The zero-order valence-corrected chi connectivity index (χ0v) is 11.2. The molecule has 0 spiro atoms. The summed E-state index contributed by atoms with van der Waals surface area (Å²) >= 11 is 0. The zero-order chi connectivity index (χ0) is 16.4. The average Bonchev–Trinajstić information content (AvgIpc) is 2.64. The first-order valence-corrected chi connectivity index (χ1v) is 5.70. The molecule has 0 fully saturated rings. The van der Waals surface area contributed by atoms with Crippen molar-refractivity contribution >= 4 is 22.1 Å². The van der Waals surface area contributed by atoms with Gasteiger partial charge >= 0.3 is 0 Å². The Morgan fingerprint density at radius 2 is 1.27 bits per heavy atom. The van der Waals surface area contributed by atoms with Crippen molar-refractivity contribution in [1.82, 2.24) is 0 Å². The number of hydrogen-bond acceptors (Lipinski definition) is 11. The Kier molecular flexibility index (Phi) is 4.05. The van der Waals surface area contributed by atoms with Crippen LogP contribution in [0.3, 0.4) is 0 Å². The highest BCUT2D eigenvalue weighted by Crippen LogP contribution is 2.46. The van der Waals surface area contributed by atoms with Crippen LogP contribution >= 0.6 is 0 Å². The Balaban J connectivity index is 3.19. The number of nitrogen functional groups attached to an aromatic ring is 2. The lowest BCUT2D eigenvalue weighted by Gasteiger charge is -2.14. The Morgan fingerprint density at radius 1 is 0.727 bits per heavy atom. The predicted octanol–water partition coefficient (Wildman–Crippen LogP) is -1.63. The molecule has 2 rings (SSSR count). The van der Waals surface area contributed by atoms with Gasteiger partial charge in [-0.2, -0.15) is 23.6 Å². The Hall–Kier alpha value is -2.99. The van der Waals surface area contributed by atoms with Gasteiger partial charge in [0.2, 0.25) is 28.4 Å². The summed E-state index contributed by atoms with van der Waals surface area (Å²) in [6.45, 7) is 0. The summed E-state index contributed by atoms with van der Waals surface area (Å²) < 4.78 is 0. The van der Waals surface area contributed by atoms with Gasteiger partial charge in [-0.15, -0.1) is 0 Å². The van der Waals surface area contributed by atoms with E-state index in [1.54, 1.807) is 0 Å². The molecular weight excluding hydrogens is 296 g/mol. The number of benzene rings is 1.